The number of rotatable bonds is 10. The van der Waals surface area contributed by atoms with Crippen molar-refractivity contribution in [3.05, 3.63) is 0 Å². The average Bonchev–Trinajstić information content (AvgIpc) is 2.22. The van der Waals surface area contributed by atoms with Gasteiger partial charge in [-0.15, -0.1) is 0 Å². The van der Waals surface area contributed by atoms with Gasteiger partial charge in [0, 0.05) is 0 Å². The van der Waals surface area contributed by atoms with Crippen molar-refractivity contribution < 1.29 is 48.8 Å². The van der Waals surface area contributed by atoms with Gasteiger partial charge in [0.05, 0.1) is 6.61 Å². The predicted molar refractivity (Wildman–Crippen MR) is 60.7 cm³/mol. The van der Waals surface area contributed by atoms with Crippen molar-refractivity contribution in [2.24, 2.45) is 0 Å². The molecule has 4 N–H and O–H groups in total. The van der Waals surface area contributed by atoms with Crippen molar-refractivity contribution in [2.45, 2.75) is 0 Å². The molecule has 0 heterocycles. The summed E-state index contributed by atoms with van der Waals surface area (Å²) in [7, 11) is 0. The maximum absolute atomic E-state index is 11.4. The number of aliphatic hydroxyl groups is 1. The highest BCUT2D eigenvalue weighted by atomic mass is 16.5. The summed E-state index contributed by atoms with van der Waals surface area (Å²) >= 11 is 0. The van der Waals surface area contributed by atoms with Crippen LogP contribution in [0.3, 0.4) is 0 Å². The third-order valence-corrected chi connectivity index (χ3v) is 2.23. The molecule has 0 amide bonds. The molecule has 0 bridgehead atoms. The standard InChI is InChI=1S/C10H15NO9/c12-1-2-20-10(19)6-11(3-7(13)14,4-8(15)16)5-9(17)18/h12H,1-6H2,(H2-,13,14,15,16,17,18)/p+1. The van der Waals surface area contributed by atoms with Crippen LogP contribution in [-0.2, 0) is 23.9 Å². The molecule has 0 aliphatic carbocycles. The number of esters is 1. The van der Waals surface area contributed by atoms with Gasteiger partial charge in [-0.25, -0.2) is 19.2 Å². The SMILES string of the molecule is O=C(O)C[N+](CC(=O)O)(CC(=O)O)CC(=O)OCCO. The quantitative estimate of drug-likeness (QED) is 0.254. The lowest BCUT2D eigenvalue weighted by atomic mass is 10.3. The molecule has 0 unspecified atom stereocenters. The Morgan fingerprint density at radius 3 is 1.50 bits per heavy atom. The van der Waals surface area contributed by atoms with Crippen molar-refractivity contribution in [3.63, 3.8) is 0 Å². The highest BCUT2D eigenvalue weighted by molar-refractivity contribution is 5.76. The average molecular weight is 294 g/mol. The van der Waals surface area contributed by atoms with E-state index in [1.165, 1.54) is 0 Å². The minimum atomic E-state index is -1.44. The van der Waals surface area contributed by atoms with Crippen LogP contribution >= 0.6 is 0 Å². The van der Waals surface area contributed by atoms with Crippen molar-refractivity contribution in [3.8, 4) is 0 Å². The second-order valence-corrected chi connectivity index (χ2v) is 4.10. The Balaban J connectivity index is 5.13. The van der Waals surface area contributed by atoms with E-state index in [-0.39, 0.29) is 6.61 Å². The number of carbonyl (C=O) groups is 4. The summed E-state index contributed by atoms with van der Waals surface area (Å²) in [6.45, 7) is -4.09. The summed E-state index contributed by atoms with van der Waals surface area (Å²) < 4.78 is 3.50. The van der Waals surface area contributed by atoms with Crippen LogP contribution in [0.4, 0.5) is 0 Å². The monoisotopic (exact) mass is 294 g/mol. The molecule has 114 valence electrons. The fourth-order valence-corrected chi connectivity index (χ4v) is 1.68. The molecule has 0 atom stereocenters. The highest BCUT2D eigenvalue weighted by Gasteiger charge is 2.38. The first-order chi connectivity index (χ1) is 9.20. The van der Waals surface area contributed by atoms with Crippen LogP contribution in [0.2, 0.25) is 0 Å². The first-order valence-corrected chi connectivity index (χ1v) is 5.48. The number of carboxylic acids is 3. The Hall–Kier alpha value is -2.20. The number of aliphatic carboxylic acids is 3. The number of carbonyl (C=O) groups excluding carboxylic acids is 1. The van der Waals surface area contributed by atoms with Crippen molar-refractivity contribution >= 4 is 23.9 Å². The lowest BCUT2D eigenvalue weighted by molar-refractivity contribution is -0.900. The van der Waals surface area contributed by atoms with Gasteiger partial charge >= 0.3 is 23.9 Å². The zero-order chi connectivity index (χ0) is 15.8. The minimum Gasteiger partial charge on any atom is -0.477 e. The molecule has 0 aliphatic rings. The smallest absolute Gasteiger partial charge is 0.361 e. The molecule has 0 saturated heterocycles. The zero-order valence-electron chi connectivity index (χ0n) is 10.5. The van der Waals surface area contributed by atoms with Gasteiger partial charge in [-0.05, 0) is 0 Å². The minimum absolute atomic E-state index is 0.341. The van der Waals surface area contributed by atoms with Gasteiger partial charge in [-0.1, -0.05) is 0 Å². The molecular weight excluding hydrogens is 278 g/mol. The van der Waals surface area contributed by atoms with Gasteiger partial charge in [0.25, 0.3) is 0 Å². The lowest BCUT2D eigenvalue weighted by Crippen LogP contribution is -2.59. The summed E-state index contributed by atoms with van der Waals surface area (Å²) in [4.78, 5) is 43.8. The molecule has 0 fully saturated rings. The molecule has 0 rings (SSSR count). The summed E-state index contributed by atoms with van der Waals surface area (Å²) in [6, 6.07) is 0. The van der Waals surface area contributed by atoms with Crippen LogP contribution in [0.25, 0.3) is 0 Å². The Morgan fingerprint density at radius 2 is 1.20 bits per heavy atom. The van der Waals surface area contributed by atoms with Gasteiger partial charge in [-0.2, -0.15) is 0 Å². The number of hydrogen-bond acceptors (Lipinski definition) is 6. The third kappa shape index (κ3) is 7.28. The van der Waals surface area contributed by atoms with Crippen LogP contribution in [0.1, 0.15) is 0 Å². The largest absolute Gasteiger partial charge is 0.477 e. The molecule has 0 saturated carbocycles. The van der Waals surface area contributed by atoms with Gasteiger partial charge in [0.1, 0.15) is 6.61 Å². The van der Waals surface area contributed by atoms with E-state index in [1.54, 1.807) is 0 Å². The molecule has 0 spiro atoms. The van der Waals surface area contributed by atoms with Crippen LogP contribution in [0, 0.1) is 0 Å². The molecule has 0 aromatic heterocycles. The first-order valence-electron chi connectivity index (χ1n) is 5.48. The van der Waals surface area contributed by atoms with Crippen LogP contribution in [-0.4, -0.2) is 88.2 Å². The number of aliphatic hydroxyl groups excluding tert-OH is 1. The normalized spacial score (nSPS) is 10.8. The van der Waals surface area contributed by atoms with Crippen LogP contribution < -0.4 is 0 Å². The number of hydrogen-bond donors (Lipinski definition) is 4. The van der Waals surface area contributed by atoms with Gasteiger partial charge in [-0.3, -0.25) is 4.48 Å². The van der Waals surface area contributed by atoms with Crippen molar-refractivity contribution in [1.82, 2.24) is 0 Å². The molecule has 0 aromatic rings. The highest BCUT2D eigenvalue weighted by Crippen LogP contribution is 2.08. The number of quaternary nitrogens is 1. The topological polar surface area (TPSA) is 158 Å². The van der Waals surface area contributed by atoms with E-state index in [0.717, 1.165) is 0 Å². The molecular formula is C10H16NO9+. The molecule has 10 heteroatoms. The summed E-state index contributed by atoms with van der Waals surface area (Å²) in [5, 5.41) is 34.8. The zero-order valence-corrected chi connectivity index (χ0v) is 10.5. The van der Waals surface area contributed by atoms with E-state index in [9.17, 15) is 19.2 Å². The lowest BCUT2D eigenvalue weighted by Gasteiger charge is -2.32. The van der Waals surface area contributed by atoms with Gasteiger partial charge in [0.2, 0.25) is 0 Å². The summed E-state index contributed by atoms with van der Waals surface area (Å²) in [6.07, 6.45) is 0. The first kappa shape index (κ1) is 17.8. The Bertz CT molecular complexity index is 351. The van der Waals surface area contributed by atoms with E-state index >= 15 is 0 Å². The van der Waals surface area contributed by atoms with Crippen LogP contribution in [0.5, 0.6) is 0 Å². The summed E-state index contributed by atoms with van der Waals surface area (Å²) in [5.74, 6) is -5.31. The Morgan fingerprint density at radius 1 is 0.800 bits per heavy atom. The summed E-state index contributed by atoms with van der Waals surface area (Å²) in [5.41, 5.74) is 0. The van der Waals surface area contributed by atoms with Crippen LogP contribution in [0.15, 0.2) is 0 Å². The molecule has 20 heavy (non-hydrogen) atoms. The fourth-order valence-electron chi connectivity index (χ4n) is 1.68. The Labute approximate surface area is 113 Å². The molecule has 0 radical (unpaired) electrons. The number of ether oxygens (including phenoxy) is 1. The van der Waals surface area contributed by atoms with Crippen molar-refractivity contribution in [1.29, 1.82) is 0 Å². The second kappa shape index (κ2) is 8.07. The van der Waals surface area contributed by atoms with Crippen molar-refractivity contribution in [2.75, 3.05) is 39.4 Å². The number of carboxylic acid groups (broad SMARTS) is 3. The molecule has 0 aromatic carbocycles. The maximum Gasteiger partial charge on any atom is 0.361 e. The van der Waals surface area contributed by atoms with E-state index in [0.29, 0.717) is 0 Å². The predicted octanol–water partition coefficient (Wildman–Crippen LogP) is -2.41. The molecule has 10 nitrogen and oxygen atoms in total. The fraction of sp³-hybridized carbons (Fsp3) is 0.600. The van der Waals surface area contributed by atoms with E-state index in [4.69, 9.17) is 20.4 Å². The maximum atomic E-state index is 11.4. The second-order valence-electron chi connectivity index (χ2n) is 4.10. The van der Waals surface area contributed by atoms with Gasteiger partial charge < -0.3 is 25.2 Å². The van der Waals surface area contributed by atoms with E-state index < -0.39 is 61.1 Å². The molecule has 0 aliphatic heterocycles. The third-order valence-electron chi connectivity index (χ3n) is 2.23. The van der Waals surface area contributed by atoms with E-state index in [2.05, 4.69) is 4.74 Å². The van der Waals surface area contributed by atoms with Gasteiger partial charge in [0.15, 0.2) is 26.2 Å². The number of nitrogens with zero attached hydrogens (tertiary/aromatic N) is 1. The Kier molecular flexibility index (Phi) is 7.18. The van der Waals surface area contributed by atoms with E-state index in [1.807, 2.05) is 0 Å².